The fourth-order valence-electron chi connectivity index (χ4n) is 3.14. The number of fused-ring (bicyclic) bond motifs is 1. The molecular weight excluding hydrogens is 346 g/mol. The molecule has 0 bridgehead atoms. The van der Waals surface area contributed by atoms with Crippen LogP contribution in [0, 0.1) is 5.92 Å². The number of carbonyl (C=O) groups excluding carboxylic acids is 1. The molecule has 0 N–H and O–H groups in total. The second-order valence-electron chi connectivity index (χ2n) is 6.06. The summed E-state index contributed by atoms with van der Waals surface area (Å²) in [6.45, 7) is 1.67. The average molecular weight is 358 g/mol. The van der Waals surface area contributed by atoms with Crippen LogP contribution in [0.2, 0.25) is 0 Å². The molecule has 0 amide bonds. The molecule has 0 spiro atoms. The van der Waals surface area contributed by atoms with E-state index in [4.69, 9.17) is 0 Å². The lowest BCUT2D eigenvalue weighted by Crippen LogP contribution is -2.12. The van der Waals surface area contributed by atoms with Gasteiger partial charge in [-0.15, -0.1) is 0 Å². The summed E-state index contributed by atoms with van der Waals surface area (Å²) in [5, 5.41) is 0. The van der Waals surface area contributed by atoms with E-state index in [9.17, 15) is 31.1 Å². The number of rotatable bonds is 1. The van der Waals surface area contributed by atoms with Crippen LogP contribution in [0.1, 0.15) is 34.0 Å². The zero-order valence-corrected chi connectivity index (χ0v) is 12.9. The lowest BCUT2D eigenvalue weighted by atomic mass is 9.91. The van der Waals surface area contributed by atoms with E-state index in [1.165, 1.54) is 18.2 Å². The fraction of sp³-hybridized carbons (Fsp3) is 0.278. The number of halogens is 6. The Morgan fingerprint density at radius 1 is 0.880 bits per heavy atom. The lowest BCUT2D eigenvalue weighted by Gasteiger charge is -2.18. The van der Waals surface area contributed by atoms with Crippen molar-refractivity contribution in [1.82, 2.24) is 0 Å². The maximum Gasteiger partial charge on any atom is 0.417 e. The molecule has 0 aromatic heterocycles. The topological polar surface area (TPSA) is 17.1 Å². The summed E-state index contributed by atoms with van der Waals surface area (Å²) in [4.78, 5) is 12.1. The van der Waals surface area contributed by atoms with E-state index < -0.39 is 23.5 Å². The molecule has 1 unspecified atom stereocenters. The Balaban J connectivity index is 2.25. The van der Waals surface area contributed by atoms with Gasteiger partial charge in [0.2, 0.25) is 0 Å². The third-order valence-electron chi connectivity index (χ3n) is 4.34. The summed E-state index contributed by atoms with van der Waals surface area (Å²) in [6, 6.07) is 5.96. The van der Waals surface area contributed by atoms with Gasteiger partial charge in [0.1, 0.15) is 0 Å². The lowest BCUT2D eigenvalue weighted by molar-refractivity contribution is -0.142. The van der Waals surface area contributed by atoms with Gasteiger partial charge in [-0.3, -0.25) is 4.79 Å². The molecule has 132 valence electrons. The van der Waals surface area contributed by atoms with Crippen LogP contribution in [0.4, 0.5) is 26.3 Å². The summed E-state index contributed by atoms with van der Waals surface area (Å²) < 4.78 is 78.5. The fourth-order valence-corrected chi connectivity index (χ4v) is 3.14. The van der Waals surface area contributed by atoms with Gasteiger partial charge in [-0.2, -0.15) is 26.3 Å². The molecule has 2 aromatic carbocycles. The van der Waals surface area contributed by atoms with Crippen molar-refractivity contribution in [1.29, 1.82) is 0 Å². The third kappa shape index (κ3) is 3.03. The van der Waals surface area contributed by atoms with Crippen molar-refractivity contribution in [2.75, 3.05) is 0 Å². The van der Waals surface area contributed by atoms with Gasteiger partial charge < -0.3 is 0 Å². The first kappa shape index (κ1) is 17.5. The van der Waals surface area contributed by atoms with Gasteiger partial charge in [0.05, 0.1) is 11.1 Å². The predicted octanol–water partition coefficient (Wildman–Crippen LogP) is 5.77. The quantitative estimate of drug-likeness (QED) is 0.592. The Morgan fingerprint density at radius 2 is 1.52 bits per heavy atom. The van der Waals surface area contributed by atoms with Gasteiger partial charge in [0.25, 0.3) is 0 Å². The Bertz CT molecular complexity index is 848. The molecule has 0 saturated carbocycles. The second kappa shape index (κ2) is 5.61. The van der Waals surface area contributed by atoms with Crippen LogP contribution < -0.4 is 0 Å². The van der Waals surface area contributed by atoms with Crippen molar-refractivity contribution in [3.63, 3.8) is 0 Å². The van der Waals surface area contributed by atoms with E-state index >= 15 is 0 Å². The third-order valence-corrected chi connectivity index (χ3v) is 4.34. The molecule has 0 aliphatic heterocycles. The Kier molecular flexibility index (Phi) is 3.93. The largest absolute Gasteiger partial charge is 0.417 e. The summed E-state index contributed by atoms with van der Waals surface area (Å²) >= 11 is 0. The molecule has 1 nitrogen and oxygen atoms in total. The molecule has 25 heavy (non-hydrogen) atoms. The normalized spacial score (nSPS) is 17.7. The zero-order chi connectivity index (χ0) is 18.6. The zero-order valence-electron chi connectivity index (χ0n) is 12.9. The average Bonchev–Trinajstić information content (AvgIpc) is 2.80. The van der Waals surface area contributed by atoms with Crippen molar-refractivity contribution in [3.8, 4) is 11.1 Å². The van der Waals surface area contributed by atoms with Crippen molar-refractivity contribution in [3.05, 3.63) is 58.7 Å². The Morgan fingerprint density at radius 3 is 2.12 bits per heavy atom. The highest BCUT2D eigenvalue weighted by Gasteiger charge is 2.39. The van der Waals surface area contributed by atoms with Gasteiger partial charge in [-0.1, -0.05) is 31.2 Å². The Labute approximate surface area is 139 Å². The molecule has 2 aromatic rings. The van der Waals surface area contributed by atoms with Gasteiger partial charge in [0, 0.05) is 11.5 Å². The van der Waals surface area contributed by atoms with Crippen molar-refractivity contribution in [2.24, 2.45) is 5.92 Å². The van der Waals surface area contributed by atoms with E-state index in [0.717, 1.165) is 6.07 Å². The van der Waals surface area contributed by atoms with Crippen LogP contribution in [0.15, 0.2) is 36.4 Å². The highest BCUT2D eigenvalue weighted by atomic mass is 19.4. The maximum absolute atomic E-state index is 13.4. The molecule has 1 aliphatic carbocycles. The summed E-state index contributed by atoms with van der Waals surface area (Å²) in [5.74, 6) is -0.530. The number of Topliss-reactive ketones (excluding diaryl/α,β-unsaturated/α-hetero) is 1. The first-order chi connectivity index (χ1) is 11.5. The van der Waals surface area contributed by atoms with Crippen LogP contribution in [0.25, 0.3) is 11.1 Å². The van der Waals surface area contributed by atoms with Crippen molar-refractivity contribution >= 4 is 5.78 Å². The monoisotopic (exact) mass is 358 g/mol. The van der Waals surface area contributed by atoms with Gasteiger partial charge in [0.15, 0.2) is 5.78 Å². The first-order valence-electron chi connectivity index (χ1n) is 7.45. The molecule has 1 atom stereocenters. The highest BCUT2D eigenvalue weighted by Crippen LogP contribution is 2.43. The van der Waals surface area contributed by atoms with E-state index in [1.54, 1.807) is 6.92 Å². The first-order valence-corrected chi connectivity index (χ1v) is 7.45. The van der Waals surface area contributed by atoms with Crippen molar-refractivity contribution in [2.45, 2.75) is 25.7 Å². The number of benzene rings is 2. The Hall–Kier alpha value is -2.31. The summed E-state index contributed by atoms with van der Waals surface area (Å²) in [5.41, 5.74) is -2.14. The second-order valence-corrected chi connectivity index (χ2v) is 6.06. The number of hydrogen-bond acceptors (Lipinski definition) is 1. The number of hydrogen-bond donors (Lipinski definition) is 0. The molecule has 7 heteroatoms. The molecule has 0 fully saturated rings. The van der Waals surface area contributed by atoms with E-state index in [-0.39, 0.29) is 35.3 Å². The van der Waals surface area contributed by atoms with Crippen LogP contribution in [0.5, 0.6) is 0 Å². The minimum absolute atomic E-state index is 0.120. The van der Waals surface area contributed by atoms with E-state index in [2.05, 4.69) is 0 Å². The standard InChI is InChI=1S/C18H12F6O/c1-9-7-14-11(3-2-4-13(14)16(9)25)12-6-5-10(17(19,20)21)8-15(12)18(22,23)24/h2-6,8-9H,7H2,1H3. The molecule has 0 radical (unpaired) electrons. The van der Waals surface area contributed by atoms with E-state index in [1.807, 2.05) is 0 Å². The van der Waals surface area contributed by atoms with Crippen LogP contribution >= 0.6 is 0 Å². The molecule has 3 rings (SSSR count). The predicted molar refractivity (Wildman–Crippen MR) is 79.1 cm³/mol. The van der Waals surface area contributed by atoms with E-state index in [0.29, 0.717) is 17.2 Å². The minimum atomic E-state index is -4.95. The van der Waals surface area contributed by atoms with Gasteiger partial charge >= 0.3 is 12.4 Å². The van der Waals surface area contributed by atoms with Gasteiger partial charge in [-0.05, 0) is 35.2 Å². The van der Waals surface area contributed by atoms with Crippen molar-refractivity contribution < 1.29 is 31.1 Å². The minimum Gasteiger partial charge on any atom is -0.294 e. The van der Waals surface area contributed by atoms with Gasteiger partial charge in [-0.25, -0.2) is 0 Å². The van der Waals surface area contributed by atoms with Crippen LogP contribution in [-0.4, -0.2) is 5.78 Å². The maximum atomic E-state index is 13.4. The number of alkyl halides is 6. The smallest absolute Gasteiger partial charge is 0.294 e. The summed E-state index contributed by atoms with van der Waals surface area (Å²) in [6.07, 6.45) is -9.56. The highest BCUT2D eigenvalue weighted by molar-refractivity contribution is 6.04. The number of ketones is 1. The van der Waals surface area contributed by atoms with Crippen LogP contribution in [-0.2, 0) is 18.8 Å². The number of carbonyl (C=O) groups is 1. The van der Waals surface area contributed by atoms with Crippen LogP contribution in [0.3, 0.4) is 0 Å². The molecular formula is C18H12F6O. The molecule has 1 aliphatic rings. The summed E-state index contributed by atoms with van der Waals surface area (Å²) in [7, 11) is 0. The molecule has 0 heterocycles. The SMILES string of the molecule is CC1Cc2c(cccc2-c2ccc(C(F)(F)F)cc2C(F)(F)F)C1=O. The molecule has 0 saturated heterocycles.